The molecule has 2 aromatic carbocycles. The molecule has 4 aromatic rings. The molecule has 0 saturated heterocycles. The van der Waals surface area contributed by atoms with Crippen LogP contribution < -0.4 is 5.32 Å². The van der Waals surface area contributed by atoms with Crippen molar-refractivity contribution >= 4 is 16.6 Å². The molecule has 0 unspecified atom stereocenters. The third kappa shape index (κ3) is 2.52. The number of aromatic amines is 1. The number of aromatic nitrogens is 5. The van der Waals surface area contributed by atoms with E-state index in [0.717, 1.165) is 16.5 Å². The van der Waals surface area contributed by atoms with Gasteiger partial charge in [0.25, 0.3) is 0 Å². The molecule has 0 bridgehead atoms. The Kier molecular flexibility index (Phi) is 3.23. The van der Waals surface area contributed by atoms with Gasteiger partial charge in [0.1, 0.15) is 18.3 Å². The molecule has 0 atom stereocenters. The van der Waals surface area contributed by atoms with E-state index in [1.807, 2.05) is 24.3 Å². The summed E-state index contributed by atoms with van der Waals surface area (Å²) >= 11 is 0. The fourth-order valence-corrected chi connectivity index (χ4v) is 2.51. The number of hydrogen-bond acceptors (Lipinski definition) is 4. The zero-order valence-electron chi connectivity index (χ0n) is 12.1. The van der Waals surface area contributed by atoms with Crippen LogP contribution in [0.3, 0.4) is 0 Å². The standard InChI is InChI=1S/C16H13FN6/c17-14-6-13(4-5-15(14)23-10-18-9-21-23)19-7-11-2-1-3-12-8-20-22-16(11)12/h1-6,8-10,19H,7H2,(H,20,22). The molecule has 0 aliphatic carbocycles. The maximum absolute atomic E-state index is 14.2. The van der Waals surface area contributed by atoms with E-state index in [1.165, 1.54) is 23.4 Å². The van der Waals surface area contributed by atoms with Crippen LogP contribution in [0.15, 0.2) is 55.2 Å². The van der Waals surface area contributed by atoms with E-state index in [1.54, 1.807) is 12.3 Å². The molecule has 0 spiro atoms. The van der Waals surface area contributed by atoms with Crippen molar-refractivity contribution in [1.29, 1.82) is 0 Å². The minimum atomic E-state index is -0.361. The van der Waals surface area contributed by atoms with E-state index in [4.69, 9.17) is 0 Å². The summed E-state index contributed by atoms with van der Waals surface area (Å²) < 4.78 is 15.6. The zero-order valence-corrected chi connectivity index (χ0v) is 12.1. The Labute approximate surface area is 131 Å². The van der Waals surface area contributed by atoms with Crippen molar-refractivity contribution in [3.8, 4) is 5.69 Å². The lowest BCUT2D eigenvalue weighted by Gasteiger charge is -2.09. The summed E-state index contributed by atoms with van der Waals surface area (Å²) in [5, 5.41) is 15.2. The monoisotopic (exact) mass is 308 g/mol. The Morgan fingerprint density at radius 2 is 2.17 bits per heavy atom. The van der Waals surface area contributed by atoms with E-state index in [0.29, 0.717) is 17.9 Å². The van der Waals surface area contributed by atoms with Crippen molar-refractivity contribution in [3.63, 3.8) is 0 Å². The summed E-state index contributed by atoms with van der Waals surface area (Å²) in [6.45, 7) is 0.571. The van der Waals surface area contributed by atoms with E-state index >= 15 is 0 Å². The average molecular weight is 308 g/mol. The van der Waals surface area contributed by atoms with Crippen LogP contribution in [0.25, 0.3) is 16.6 Å². The zero-order chi connectivity index (χ0) is 15.6. The van der Waals surface area contributed by atoms with Gasteiger partial charge in [0, 0.05) is 17.6 Å². The van der Waals surface area contributed by atoms with Crippen molar-refractivity contribution in [2.24, 2.45) is 0 Å². The van der Waals surface area contributed by atoms with E-state index in [-0.39, 0.29) is 5.82 Å². The first-order valence-corrected chi connectivity index (χ1v) is 7.11. The average Bonchev–Trinajstić information content (AvgIpc) is 3.24. The number of halogens is 1. The molecule has 0 aliphatic rings. The lowest BCUT2D eigenvalue weighted by atomic mass is 10.1. The molecular weight excluding hydrogens is 295 g/mol. The van der Waals surface area contributed by atoms with Crippen LogP contribution in [0.5, 0.6) is 0 Å². The van der Waals surface area contributed by atoms with Gasteiger partial charge < -0.3 is 5.32 Å². The summed E-state index contributed by atoms with van der Waals surface area (Å²) in [7, 11) is 0. The second-order valence-corrected chi connectivity index (χ2v) is 5.11. The minimum Gasteiger partial charge on any atom is -0.381 e. The number of benzene rings is 2. The number of anilines is 1. The van der Waals surface area contributed by atoms with Gasteiger partial charge >= 0.3 is 0 Å². The van der Waals surface area contributed by atoms with Crippen molar-refractivity contribution in [3.05, 3.63) is 66.6 Å². The van der Waals surface area contributed by atoms with Crippen LogP contribution in [-0.4, -0.2) is 25.0 Å². The molecule has 0 fully saturated rings. The van der Waals surface area contributed by atoms with Crippen LogP contribution in [0.2, 0.25) is 0 Å². The third-order valence-corrected chi connectivity index (χ3v) is 3.66. The number of nitrogens with one attached hydrogen (secondary N) is 2. The van der Waals surface area contributed by atoms with Crippen molar-refractivity contribution in [1.82, 2.24) is 25.0 Å². The van der Waals surface area contributed by atoms with Gasteiger partial charge in [0.2, 0.25) is 0 Å². The molecule has 2 N–H and O–H groups in total. The molecule has 0 saturated carbocycles. The Balaban J connectivity index is 1.55. The second-order valence-electron chi connectivity index (χ2n) is 5.11. The number of hydrogen-bond donors (Lipinski definition) is 2. The molecule has 6 nitrogen and oxygen atoms in total. The van der Waals surface area contributed by atoms with Gasteiger partial charge in [-0.15, -0.1) is 0 Å². The summed E-state index contributed by atoms with van der Waals surface area (Å²) in [6, 6.07) is 10.9. The summed E-state index contributed by atoms with van der Waals surface area (Å²) in [5.74, 6) is -0.361. The van der Waals surface area contributed by atoms with E-state index < -0.39 is 0 Å². The normalized spacial score (nSPS) is 11.0. The van der Waals surface area contributed by atoms with Gasteiger partial charge in [0.15, 0.2) is 5.82 Å². The van der Waals surface area contributed by atoms with E-state index in [9.17, 15) is 4.39 Å². The molecule has 23 heavy (non-hydrogen) atoms. The van der Waals surface area contributed by atoms with Crippen molar-refractivity contribution in [2.45, 2.75) is 6.54 Å². The first kappa shape index (κ1) is 13.4. The topological polar surface area (TPSA) is 71.4 Å². The van der Waals surface area contributed by atoms with Gasteiger partial charge in [-0.1, -0.05) is 18.2 Å². The van der Waals surface area contributed by atoms with Crippen LogP contribution in [0.4, 0.5) is 10.1 Å². The second kappa shape index (κ2) is 5.53. The van der Waals surface area contributed by atoms with Crippen LogP contribution in [-0.2, 0) is 6.54 Å². The molecule has 2 heterocycles. The van der Waals surface area contributed by atoms with Gasteiger partial charge in [-0.2, -0.15) is 10.2 Å². The predicted octanol–water partition coefficient (Wildman–Crippen LogP) is 2.89. The molecule has 2 aromatic heterocycles. The van der Waals surface area contributed by atoms with Crippen LogP contribution >= 0.6 is 0 Å². The van der Waals surface area contributed by atoms with Crippen molar-refractivity contribution in [2.75, 3.05) is 5.32 Å². The summed E-state index contributed by atoms with van der Waals surface area (Å²) in [5.41, 5.74) is 3.12. The lowest BCUT2D eigenvalue weighted by Crippen LogP contribution is -2.03. The Morgan fingerprint density at radius 3 is 3.00 bits per heavy atom. The van der Waals surface area contributed by atoms with Crippen LogP contribution in [0, 0.1) is 5.82 Å². The van der Waals surface area contributed by atoms with Gasteiger partial charge in [-0.25, -0.2) is 14.1 Å². The smallest absolute Gasteiger partial charge is 0.150 e. The molecule has 4 rings (SSSR count). The third-order valence-electron chi connectivity index (χ3n) is 3.66. The van der Waals surface area contributed by atoms with Gasteiger partial charge in [0.05, 0.1) is 11.7 Å². The molecule has 0 radical (unpaired) electrons. The maximum atomic E-state index is 14.2. The SMILES string of the molecule is Fc1cc(NCc2cccc3cn[nH]c23)ccc1-n1cncn1. The highest BCUT2D eigenvalue weighted by atomic mass is 19.1. The summed E-state index contributed by atoms with van der Waals surface area (Å²) in [4.78, 5) is 3.82. The van der Waals surface area contributed by atoms with Crippen molar-refractivity contribution < 1.29 is 4.39 Å². The number of H-pyrrole nitrogens is 1. The highest BCUT2D eigenvalue weighted by Gasteiger charge is 2.07. The summed E-state index contributed by atoms with van der Waals surface area (Å²) in [6.07, 6.45) is 4.62. The predicted molar refractivity (Wildman–Crippen MR) is 84.7 cm³/mol. The van der Waals surface area contributed by atoms with Gasteiger partial charge in [-0.3, -0.25) is 5.10 Å². The maximum Gasteiger partial charge on any atom is 0.150 e. The highest BCUT2D eigenvalue weighted by molar-refractivity contribution is 5.81. The molecule has 114 valence electrons. The first-order chi connectivity index (χ1) is 11.3. The van der Waals surface area contributed by atoms with Crippen LogP contribution in [0.1, 0.15) is 5.56 Å². The number of rotatable bonds is 4. The highest BCUT2D eigenvalue weighted by Crippen LogP contribution is 2.20. The molecule has 7 heteroatoms. The minimum absolute atomic E-state index is 0.361. The Morgan fingerprint density at radius 1 is 1.22 bits per heavy atom. The fourth-order valence-electron chi connectivity index (χ4n) is 2.51. The number of para-hydroxylation sites is 1. The largest absolute Gasteiger partial charge is 0.381 e. The lowest BCUT2D eigenvalue weighted by molar-refractivity contribution is 0.611. The molecule has 0 aliphatic heterocycles. The van der Waals surface area contributed by atoms with Gasteiger partial charge in [-0.05, 0) is 23.8 Å². The fraction of sp³-hybridized carbons (Fsp3) is 0.0625. The van der Waals surface area contributed by atoms with E-state index in [2.05, 4.69) is 25.6 Å². The first-order valence-electron chi connectivity index (χ1n) is 7.11. The quantitative estimate of drug-likeness (QED) is 0.608. The molecular formula is C16H13FN6. The Bertz CT molecular complexity index is 944. The molecule has 0 amide bonds. The Hall–Kier alpha value is -3.22. The number of nitrogens with zero attached hydrogens (tertiary/aromatic N) is 4. The number of fused-ring (bicyclic) bond motifs is 1.